The molecule has 39 heavy (non-hydrogen) atoms. The van der Waals surface area contributed by atoms with Crippen LogP contribution < -0.4 is 10.1 Å². The van der Waals surface area contributed by atoms with Crippen molar-refractivity contribution in [1.82, 2.24) is 19.2 Å². The molecule has 0 radical (unpaired) electrons. The van der Waals surface area contributed by atoms with Crippen LogP contribution in [-0.2, 0) is 6.54 Å². The van der Waals surface area contributed by atoms with Gasteiger partial charge in [-0.2, -0.15) is 5.10 Å². The Labute approximate surface area is 232 Å². The number of aromatic nitrogens is 3. The maximum atomic E-state index is 14.1. The Hall–Kier alpha value is -4.43. The maximum Gasteiger partial charge on any atom is 0.322 e. The summed E-state index contributed by atoms with van der Waals surface area (Å²) in [5.41, 5.74) is 5.58. The van der Waals surface area contributed by atoms with Crippen molar-refractivity contribution in [3.8, 4) is 17.3 Å². The molecule has 5 aromatic rings. The lowest BCUT2D eigenvalue weighted by molar-refractivity contribution is 0.194. The first-order chi connectivity index (χ1) is 19.1. The van der Waals surface area contributed by atoms with E-state index in [2.05, 4.69) is 22.1 Å². The van der Waals surface area contributed by atoms with Gasteiger partial charge in [-0.1, -0.05) is 36.4 Å². The fourth-order valence-corrected chi connectivity index (χ4v) is 5.64. The van der Waals surface area contributed by atoms with Gasteiger partial charge in [0.25, 0.3) is 0 Å². The smallest absolute Gasteiger partial charge is 0.322 e. The molecular formula is C31H29N5O2S. The molecule has 0 saturated heterocycles. The molecule has 3 heterocycles. The van der Waals surface area contributed by atoms with Gasteiger partial charge < -0.3 is 19.5 Å². The van der Waals surface area contributed by atoms with Crippen molar-refractivity contribution in [2.75, 3.05) is 18.7 Å². The van der Waals surface area contributed by atoms with Gasteiger partial charge >= 0.3 is 6.03 Å². The van der Waals surface area contributed by atoms with Crippen LogP contribution >= 0.6 is 11.8 Å². The number of aryl methyl sites for hydroxylation is 1. The summed E-state index contributed by atoms with van der Waals surface area (Å²) in [6.07, 6.45) is 4.08. The minimum atomic E-state index is -0.342. The zero-order chi connectivity index (χ0) is 26.9. The van der Waals surface area contributed by atoms with E-state index in [9.17, 15) is 4.79 Å². The van der Waals surface area contributed by atoms with Crippen LogP contribution in [0, 0.1) is 6.92 Å². The molecule has 0 spiro atoms. The first kappa shape index (κ1) is 24.9. The number of ether oxygens (including phenoxy) is 1. The van der Waals surface area contributed by atoms with Crippen LogP contribution in [0.25, 0.3) is 11.5 Å². The third kappa shape index (κ3) is 4.57. The second-order valence-corrected chi connectivity index (χ2v) is 10.3. The van der Waals surface area contributed by atoms with Crippen molar-refractivity contribution in [1.29, 1.82) is 0 Å². The van der Waals surface area contributed by atoms with Crippen molar-refractivity contribution < 1.29 is 9.53 Å². The monoisotopic (exact) mass is 535 g/mol. The lowest BCUT2D eigenvalue weighted by atomic mass is 10.0. The number of carbonyl (C=O) groups excluding carboxylic acids is 1. The van der Waals surface area contributed by atoms with E-state index < -0.39 is 0 Å². The van der Waals surface area contributed by atoms with Crippen LogP contribution in [0.5, 0.6) is 5.75 Å². The molecule has 1 aliphatic heterocycles. The first-order valence-electron chi connectivity index (χ1n) is 12.7. The van der Waals surface area contributed by atoms with Gasteiger partial charge in [0.1, 0.15) is 11.6 Å². The summed E-state index contributed by atoms with van der Waals surface area (Å²) in [7, 11) is 1.66. The van der Waals surface area contributed by atoms with E-state index in [-0.39, 0.29) is 12.1 Å². The minimum absolute atomic E-state index is 0.179. The molecule has 196 valence electrons. The summed E-state index contributed by atoms with van der Waals surface area (Å²) in [5, 5.41) is 8.08. The molecular weight excluding hydrogens is 506 g/mol. The van der Waals surface area contributed by atoms with Crippen LogP contribution in [0.15, 0.2) is 102 Å². The predicted molar refractivity (Wildman–Crippen MR) is 155 cm³/mol. The number of thioether (sulfide) groups is 1. The summed E-state index contributed by atoms with van der Waals surface area (Å²) in [6.45, 7) is 2.40. The van der Waals surface area contributed by atoms with E-state index in [4.69, 9.17) is 9.84 Å². The number of carbonyl (C=O) groups is 1. The molecule has 3 aromatic carbocycles. The molecule has 0 aliphatic carbocycles. The van der Waals surface area contributed by atoms with Gasteiger partial charge in [0, 0.05) is 22.3 Å². The zero-order valence-corrected chi connectivity index (χ0v) is 22.9. The predicted octanol–water partition coefficient (Wildman–Crippen LogP) is 6.84. The average Bonchev–Trinajstić information content (AvgIpc) is 3.54. The van der Waals surface area contributed by atoms with Gasteiger partial charge in [0.05, 0.1) is 36.8 Å². The lowest BCUT2D eigenvalue weighted by Gasteiger charge is -2.31. The van der Waals surface area contributed by atoms with Gasteiger partial charge in [0.15, 0.2) is 0 Å². The topological polar surface area (TPSA) is 64.3 Å². The van der Waals surface area contributed by atoms with Crippen molar-refractivity contribution in [3.63, 3.8) is 0 Å². The van der Waals surface area contributed by atoms with E-state index in [1.165, 1.54) is 0 Å². The highest BCUT2D eigenvalue weighted by Crippen LogP contribution is 2.39. The second kappa shape index (κ2) is 10.4. The standard InChI is InChI=1S/C31H29N5O2S/c1-21-27-20-35(31(37)32-23-9-7-12-26(19-23)39-3)29(22-14-16-25(38-2)17-15-22)28-13-8-18-34(28)30(27)36(33-21)24-10-5-4-6-11-24/h4-19,29H,20H2,1-3H3,(H,32,37)/t29-/m1/s1. The highest BCUT2D eigenvalue weighted by Gasteiger charge is 2.36. The number of para-hydroxylation sites is 1. The number of rotatable bonds is 5. The molecule has 6 rings (SSSR count). The van der Waals surface area contributed by atoms with E-state index in [0.29, 0.717) is 6.54 Å². The summed E-state index contributed by atoms with van der Waals surface area (Å²) in [4.78, 5) is 17.1. The highest BCUT2D eigenvalue weighted by molar-refractivity contribution is 7.98. The number of nitrogens with zero attached hydrogens (tertiary/aromatic N) is 4. The molecule has 8 heteroatoms. The summed E-state index contributed by atoms with van der Waals surface area (Å²) in [5.74, 6) is 1.71. The molecule has 7 nitrogen and oxygen atoms in total. The molecule has 2 aromatic heterocycles. The third-order valence-electron chi connectivity index (χ3n) is 7.10. The normalized spacial score (nSPS) is 14.3. The van der Waals surface area contributed by atoms with Crippen LogP contribution in [0.2, 0.25) is 0 Å². The van der Waals surface area contributed by atoms with E-state index in [1.54, 1.807) is 18.9 Å². The number of hydrogen-bond acceptors (Lipinski definition) is 4. The summed E-state index contributed by atoms with van der Waals surface area (Å²) >= 11 is 1.64. The summed E-state index contributed by atoms with van der Waals surface area (Å²) < 4.78 is 9.56. The molecule has 1 atom stereocenters. The van der Waals surface area contributed by atoms with Gasteiger partial charge in [-0.3, -0.25) is 0 Å². The van der Waals surface area contributed by atoms with Gasteiger partial charge in [-0.05, 0) is 73.3 Å². The van der Waals surface area contributed by atoms with E-state index in [1.807, 2.05) is 108 Å². The van der Waals surface area contributed by atoms with Crippen molar-refractivity contribution >= 4 is 23.5 Å². The number of hydrogen-bond donors (Lipinski definition) is 1. The Bertz CT molecular complexity index is 1620. The fourth-order valence-electron chi connectivity index (χ4n) is 5.18. The molecule has 0 fully saturated rings. The first-order valence-corrected chi connectivity index (χ1v) is 14.0. The zero-order valence-electron chi connectivity index (χ0n) is 22.0. The minimum Gasteiger partial charge on any atom is -0.497 e. The fraction of sp³-hybridized carbons (Fsp3) is 0.161. The Morgan fingerprint density at radius 2 is 1.79 bits per heavy atom. The Balaban J connectivity index is 1.51. The Morgan fingerprint density at radius 1 is 1.00 bits per heavy atom. The number of fused-ring (bicyclic) bond motifs is 3. The van der Waals surface area contributed by atoms with Gasteiger partial charge in [0.2, 0.25) is 0 Å². The summed E-state index contributed by atoms with van der Waals surface area (Å²) in [6, 6.07) is 29.5. The van der Waals surface area contributed by atoms with E-state index >= 15 is 0 Å². The SMILES string of the molecule is COc1ccc([C@@H]2c3cccn3-c3c(c(C)nn3-c3ccccc3)CN2C(=O)Nc2cccc(SC)c2)cc1. The van der Waals surface area contributed by atoms with Crippen LogP contribution in [0.4, 0.5) is 10.5 Å². The average molecular weight is 536 g/mol. The number of anilines is 1. The third-order valence-corrected chi connectivity index (χ3v) is 7.83. The maximum absolute atomic E-state index is 14.1. The van der Waals surface area contributed by atoms with Crippen molar-refractivity contribution in [2.24, 2.45) is 0 Å². The van der Waals surface area contributed by atoms with E-state index in [0.717, 1.165) is 50.4 Å². The number of methoxy groups -OCH3 is 1. The molecule has 0 unspecified atom stereocenters. The van der Waals surface area contributed by atoms with Crippen LogP contribution in [-0.4, -0.2) is 38.6 Å². The quantitative estimate of drug-likeness (QED) is 0.250. The number of amides is 2. The Kier molecular flexibility index (Phi) is 6.62. The second-order valence-electron chi connectivity index (χ2n) is 9.40. The van der Waals surface area contributed by atoms with Crippen LogP contribution in [0.3, 0.4) is 0 Å². The largest absolute Gasteiger partial charge is 0.497 e. The van der Waals surface area contributed by atoms with Crippen LogP contribution in [0.1, 0.15) is 28.6 Å². The Morgan fingerprint density at radius 3 is 2.54 bits per heavy atom. The van der Waals surface area contributed by atoms with Gasteiger partial charge in [-0.15, -0.1) is 11.8 Å². The molecule has 1 aliphatic rings. The highest BCUT2D eigenvalue weighted by atomic mass is 32.2. The molecule has 0 bridgehead atoms. The molecule has 0 saturated carbocycles. The van der Waals surface area contributed by atoms with Crippen molar-refractivity contribution in [3.05, 3.63) is 120 Å². The van der Waals surface area contributed by atoms with Gasteiger partial charge in [-0.25, -0.2) is 9.48 Å². The number of benzene rings is 3. The lowest BCUT2D eigenvalue weighted by Crippen LogP contribution is -2.38. The number of urea groups is 1. The molecule has 2 amide bonds. The molecule has 1 N–H and O–H groups in total. The number of nitrogens with one attached hydrogen (secondary N) is 1. The van der Waals surface area contributed by atoms with Crippen molar-refractivity contribution in [2.45, 2.75) is 24.4 Å².